The highest BCUT2D eigenvalue weighted by atomic mass is 79.9. The van der Waals surface area contributed by atoms with Crippen LogP contribution in [0.2, 0.25) is 0 Å². The minimum atomic E-state index is -0.485. The van der Waals surface area contributed by atoms with E-state index in [2.05, 4.69) is 20.9 Å². The molecule has 2 aromatic rings. The number of hydrogen-bond donors (Lipinski definition) is 1. The molecule has 4 heteroatoms. The quantitative estimate of drug-likeness (QED) is 0.921. The molecule has 1 unspecified atom stereocenters. The highest BCUT2D eigenvalue weighted by Crippen LogP contribution is 2.27. The van der Waals surface area contributed by atoms with E-state index in [1.54, 1.807) is 11.3 Å². The van der Waals surface area contributed by atoms with Gasteiger partial charge in [-0.25, -0.2) is 4.98 Å². The Bertz CT molecular complexity index is 542. The molecule has 0 radical (unpaired) electrons. The molecule has 0 amide bonds. The standard InChI is InChI=1S/C14H16BrNOS/c1-8-4-11(5-9(2)14(8)15)12(17)6-13-16-10(3)7-18-13/h4-5,7,12,17H,6H2,1-3H3. The first kappa shape index (κ1) is 13.7. The van der Waals surface area contributed by atoms with Crippen molar-refractivity contribution in [2.24, 2.45) is 0 Å². The van der Waals surface area contributed by atoms with E-state index >= 15 is 0 Å². The van der Waals surface area contributed by atoms with Crippen LogP contribution in [0.3, 0.4) is 0 Å². The summed E-state index contributed by atoms with van der Waals surface area (Å²) in [5.41, 5.74) is 4.28. The minimum Gasteiger partial charge on any atom is -0.388 e. The zero-order valence-corrected chi connectivity index (χ0v) is 13.1. The lowest BCUT2D eigenvalue weighted by atomic mass is 10.0. The molecular formula is C14H16BrNOS. The molecule has 1 atom stereocenters. The maximum Gasteiger partial charge on any atom is 0.0957 e. The van der Waals surface area contributed by atoms with Crippen LogP contribution in [0.25, 0.3) is 0 Å². The van der Waals surface area contributed by atoms with Crippen molar-refractivity contribution in [2.75, 3.05) is 0 Å². The number of thiazole rings is 1. The average molecular weight is 326 g/mol. The van der Waals surface area contributed by atoms with Crippen LogP contribution in [0.5, 0.6) is 0 Å². The van der Waals surface area contributed by atoms with E-state index in [9.17, 15) is 5.11 Å². The summed E-state index contributed by atoms with van der Waals surface area (Å²) < 4.78 is 1.11. The Labute approximate surface area is 120 Å². The summed E-state index contributed by atoms with van der Waals surface area (Å²) in [5.74, 6) is 0. The van der Waals surface area contributed by atoms with Gasteiger partial charge in [0, 0.05) is 22.0 Å². The molecule has 0 aliphatic carbocycles. The lowest BCUT2D eigenvalue weighted by Crippen LogP contribution is -2.03. The molecular weight excluding hydrogens is 310 g/mol. The second kappa shape index (κ2) is 5.51. The number of aromatic nitrogens is 1. The van der Waals surface area contributed by atoms with E-state index in [0.717, 1.165) is 31.9 Å². The third-order valence-corrected chi connectivity index (χ3v) is 5.12. The number of aliphatic hydroxyl groups is 1. The molecule has 0 fully saturated rings. The first-order chi connectivity index (χ1) is 8.47. The number of hydrogen-bond acceptors (Lipinski definition) is 3. The number of benzene rings is 1. The van der Waals surface area contributed by atoms with Crippen LogP contribution in [0.1, 0.15) is 33.5 Å². The Morgan fingerprint density at radius 3 is 2.39 bits per heavy atom. The molecule has 1 N–H and O–H groups in total. The smallest absolute Gasteiger partial charge is 0.0957 e. The van der Waals surface area contributed by atoms with Gasteiger partial charge in [-0.2, -0.15) is 0 Å². The highest BCUT2D eigenvalue weighted by molar-refractivity contribution is 9.10. The van der Waals surface area contributed by atoms with Gasteiger partial charge in [-0.05, 0) is 37.5 Å². The van der Waals surface area contributed by atoms with Gasteiger partial charge in [0.1, 0.15) is 0 Å². The summed E-state index contributed by atoms with van der Waals surface area (Å²) in [7, 11) is 0. The van der Waals surface area contributed by atoms with Crippen LogP contribution in [-0.4, -0.2) is 10.1 Å². The molecule has 0 aliphatic rings. The summed E-state index contributed by atoms with van der Waals surface area (Å²) in [5, 5.41) is 13.3. The van der Waals surface area contributed by atoms with Crippen LogP contribution in [0, 0.1) is 20.8 Å². The Kier molecular flexibility index (Phi) is 4.20. The predicted octanol–water partition coefficient (Wildman–Crippen LogP) is 4.11. The lowest BCUT2D eigenvalue weighted by Gasteiger charge is -2.13. The summed E-state index contributed by atoms with van der Waals surface area (Å²) in [6.07, 6.45) is 0.0972. The predicted molar refractivity (Wildman–Crippen MR) is 79.1 cm³/mol. The van der Waals surface area contributed by atoms with Gasteiger partial charge in [0.25, 0.3) is 0 Å². The van der Waals surface area contributed by atoms with E-state index in [4.69, 9.17) is 0 Å². The molecule has 0 bridgehead atoms. The van der Waals surface area contributed by atoms with E-state index in [-0.39, 0.29) is 0 Å². The van der Waals surface area contributed by atoms with Crippen molar-refractivity contribution < 1.29 is 5.11 Å². The molecule has 0 saturated carbocycles. The minimum absolute atomic E-state index is 0.485. The summed E-state index contributed by atoms with van der Waals surface area (Å²) >= 11 is 5.14. The van der Waals surface area contributed by atoms with Gasteiger partial charge in [0.05, 0.1) is 11.1 Å². The second-order valence-electron chi connectivity index (χ2n) is 4.57. The molecule has 0 spiro atoms. The fraction of sp³-hybridized carbons (Fsp3) is 0.357. The Morgan fingerprint density at radius 1 is 1.28 bits per heavy atom. The fourth-order valence-corrected chi connectivity index (χ4v) is 2.99. The zero-order chi connectivity index (χ0) is 13.3. The van der Waals surface area contributed by atoms with E-state index in [0.29, 0.717) is 6.42 Å². The molecule has 1 aromatic carbocycles. The third-order valence-electron chi connectivity index (χ3n) is 2.88. The summed E-state index contributed by atoms with van der Waals surface area (Å²) in [6, 6.07) is 4.06. The number of aliphatic hydroxyl groups excluding tert-OH is 1. The van der Waals surface area contributed by atoms with Crippen LogP contribution < -0.4 is 0 Å². The SMILES string of the molecule is Cc1csc(CC(O)c2cc(C)c(Br)c(C)c2)n1. The fourth-order valence-electron chi connectivity index (χ4n) is 1.95. The number of aryl methyl sites for hydroxylation is 3. The average Bonchev–Trinajstić information content (AvgIpc) is 2.71. The third kappa shape index (κ3) is 2.99. The number of nitrogens with zero attached hydrogens (tertiary/aromatic N) is 1. The van der Waals surface area contributed by atoms with Gasteiger partial charge in [0.2, 0.25) is 0 Å². The van der Waals surface area contributed by atoms with Crippen molar-refractivity contribution in [3.05, 3.63) is 49.4 Å². The Hall–Kier alpha value is -0.710. The van der Waals surface area contributed by atoms with Gasteiger partial charge in [-0.1, -0.05) is 28.1 Å². The Morgan fingerprint density at radius 2 is 1.89 bits per heavy atom. The first-order valence-electron chi connectivity index (χ1n) is 5.83. The normalized spacial score (nSPS) is 12.7. The van der Waals surface area contributed by atoms with Gasteiger partial charge >= 0.3 is 0 Å². The molecule has 96 valence electrons. The van der Waals surface area contributed by atoms with Crippen molar-refractivity contribution in [3.8, 4) is 0 Å². The van der Waals surface area contributed by atoms with Crippen molar-refractivity contribution in [1.82, 2.24) is 4.98 Å². The van der Waals surface area contributed by atoms with E-state index in [1.807, 2.05) is 38.3 Å². The van der Waals surface area contributed by atoms with Gasteiger partial charge in [-0.15, -0.1) is 11.3 Å². The monoisotopic (exact) mass is 325 g/mol. The van der Waals surface area contributed by atoms with Crippen LogP contribution in [-0.2, 0) is 6.42 Å². The van der Waals surface area contributed by atoms with Crippen molar-refractivity contribution in [2.45, 2.75) is 33.3 Å². The van der Waals surface area contributed by atoms with Gasteiger partial charge < -0.3 is 5.11 Å². The number of rotatable bonds is 3. The summed E-state index contributed by atoms with van der Waals surface area (Å²) in [6.45, 7) is 6.06. The molecule has 0 aliphatic heterocycles. The van der Waals surface area contributed by atoms with E-state index in [1.165, 1.54) is 0 Å². The lowest BCUT2D eigenvalue weighted by molar-refractivity contribution is 0.178. The van der Waals surface area contributed by atoms with Gasteiger partial charge in [0.15, 0.2) is 0 Å². The van der Waals surface area contributed by atoms with Crippen molar-refractivity contribution in [1.29, 1.82) is 0 Å². The zero-order valence-electron chi connectivity index (χ0n) is 10.7. The molecule has 1 heterocycles. The topological polar surface area (TPSA) is 33.1 Å². The Balaban J connectivity index is 2.21. The second-order valence-corrected chi connectivity index (χ2v) is 6.31. The van der Waals surface area contributed by atoms with Crippen LogP contribution in [0.4, 0.5) is 0 Å². The van der Waals surface area contributed by atoms with Gasteiger partial charge in [-0.3, -0.25) is 0 Å². The number of halogens is 1. The van der Waals surface area contributed by atoms with Crippen LogP contribution in [0.15, 0.2) is 22.0 Å². The van der Waals surface area contributed by atoms with E-state index < -0.39 is 6.10 Å². The van der Waals surface area contributed by atoms with Crippen molar-refractivity contribution >= 4 is 27.3 Å². The molecule has 2 nitrogen and oxygen atoms in total. The first-order valence-corrected chi connectivity index (χ1v) is 7.50. The molecule has 0 saturated heterocycles. The maximum absolute atomic E-state index is 10.3. The molecule has 1 aromatic heterocycles. The highest BCUT2D eigenvalue weighted by Gasteiger charge is 2.13. The largest absolute Gasteiger partial charge is 0.388 e. The maximum atomic E-state index is 10.3. The molecule has 18 heavy (non-hydrogen) atoms. The van der Waals surface area contributed by atoms with Crippen molar-refractivity contribution in [3.63, 3.8) is 0 Å². The van der Waals surface area contributed by atoms with Crippen LogP contribution >= 0.6 is 27.3 Å². The molecule has 2 rings (SSSR count). The summed E-state index contributed by atoms with van der Waals surface area (Å²) in [4.78, 5) is 4.39.